The van der Waals surface area contributed by atoms with Crippen LogP contribution in [0.4, 0.5) is 17.1 Å². The van der Waals surface area contributed by atoms with Gasteiger partial charge in [-0.1, -0.05) is 196 Å². The number of nitrogens with zero attached hydrogens (tertiary/aromatic N) is 1. The lowest BCUT2D eigenvalue weighted by molar-refractivity contribution is 0.660. The highest BCUT2D eigenvalue weighted by molar-refractivity contribution is 6.26. The molecule has 63 heavy (non-hydrogen) atoms. The minimum Gasteiger partial charge on any atom is -0.455 e. The molecule has 0 fully saturated rings. The zero-order chi connectivity index (χ0) is 42.1. The molecule has 0 bridgehead atoms. The van der Waals surface area contributed by atoms with E-state index in [0.29, 0.717) is 0 Å². The van der Waals surface area contributed by atoms with Crippen LogP contribution in [0.15, 0.2) is 229 Å². The van der Waals surface area contributed by atoms with Gasteiger partial charge in [-0.25, -0.2) is 0 Å². The quantitative estimate of drug-likeness (QED) is 0.160. The van der Waals surface area contributed by atoms with E-state index >= 15 is 0 Å². The molecular weight excluding hydrogens is 763 g/mol. The highest BCUT2D eigenvalue weighted by Gasteiger charge is 2.36. The van der Waals surface area contributed by atoms with Gasteiger partial charge in [-0.05, 0) is 109 Å². The summed E-state index contributed by atoms with van der Waals surface area (Å²) in [6.07, 6.45) is 0. The van der Waals surface area contributed by atoms with Crippen LogP contribution in [0.1, 0.15) is 25.0 Å². The van der Waals surface area contributed by atoms with Gasteiger partial charge in [-0.15, -0.1) is 0 Å². The molecule has 1 aromatic heterocycles. The Morgan fingerprint density at radius 3 is 1.48 bits per heavy atom. The van der Waals surface area contributed by atoms with Crippen molar-refractivity contribution in [3.8, 4) is 55.6 Å². The summed E-state index contributed by atoms with van der Waals surface area (Å²) in [4.78, 5) is 2.41. The van der Waals surface area contributed by atoms with Crippen LogP contribution in [0.3, 0.4) is 0 Å². The van der Waals surface area contributed by atoms with Crippen LogP contribution < -0.4 is 4.90 Å². The fourth-order valence-corrected chi connectivity index (χ4v) is 10.2. The normalized spacial score (nSPS) is 12.7. The summed E-state index contributed by atoms with van der Waals surface area (Å²) in [5.74, 6) is 0. The molecule has 1 heterocycles. The minimum absolute atomic E-state index is 0.126. The predicted molar refractivity (Wildman–Crippen MR) is 265 cm³/mol. The lowest BCUT2D eigenvalue weighted by Gasteiger charge is -2.28. The molecule has 0 aliphatic heterocycles. The second-order valence-corrected chi connectivity index (χ2v) is 17.2. The van der Waals surface area contributed by atoms with Gasteiger partial charge in [0, 0.05) is 44.2 Å². The number of benzene rings is 10. The second kappa shape index (κ2) is 14.6. The molecule has 0 radical (unpaired) electrons. The first-order valence-electron chi connectivity index (χ1n) is 21.8. The van der Waals surface area contributed by atoms with Crippen LogP contribution >= 0.6 is 0 Å². The third kappa shape index (κ3) is 6.02. The van der Waals surface area contributed by atoms with Crippen molar-refractivity contribution in [2.24, 2.45) is 0 Å². The molecule has 0 N–H and O–H groups in total. The van der Waals surface area contributed by atoms with Gasteiger partial charge in [-0.2, -0.15) is 0 Å². The van der Waals surface area contributed by atoms with Crippen molar-refractivity contribution in [1.29, 1.82) is 0 Å². The number of anilines is 3. The molecule has 1 aliphatic rings. The van der Waals surface area contributed by atoms with Gasteiger partial charge in [0.25, 0.3) is 0 Å². The number of hydrogen-bond donors (Lipinski definition) is 0. The van der Waals surface area contributed by atoms with Crippen molar-refractivity contribution >= 4 is 49.8 Å². The van der Waals surface area contributed by atoms with Gasteiger partial charge >= 0.3 is 0 Å². The largest absolute Gasteiger partial charge is 0.455 e. The molecule has 298 valence electrons. The summed E-state index contributed by atoms with van der Waals surface area (Å²) in [7, 11) is 0. The molecule has 2 nitrogen and oxygen atoms in total. The monoisotopic (exact) mass is 805 g/mol. The summed E-state index contributed by atoms with van der Waals surface area (Å²) < 4.78 is 6.78. The standard InChI is InChI=1S/C61H43NO/c1-61(2)54-23-13-11-19-49(54)50-38-37-48(39-55(50)61)62(46-33-29-43(30-34-46)41-17-7-4-8-18-41)47-35-31-45(32-36-47)58-57(44-27-25-42(26-28-44)40-15-5-3-6-16-40)51-20-9-10-21-52(51)60-59(58)53-22-12-14-24-56(53)63-60/h3-39H,1-2H3. The predicted octanol–water partition coefficient (Wildman–Crippen LogP) is 17.2. The van der Waals surface area contributed by atoms with Crippen LogP contribution in [0.5, 0.6) is 0 Å². The zero-order valence-electron chi connectivity index (χ0n) is 35.2. The van der Waals surface area contributed by atoms with E-state index < -0.39 is 0 Å². The molecule has 0 saturated carbocycles. The van der Waals surface area contributed by atoms with E-state index in [4.69, 9.17) is 4.42 Å². The van der Waals surface area contributed by atoms with Gasteiger partial charge in [0.05, 0.1) is 0 Å². The lowest BCUT2D eigenvalue weighted by atomic mass is 9.82. The molecule has 0 spiro atoms. The number of para-hydroxylation sites is 1. The van der Waals surface area contributed by atoms with Crippen LogP contribution in [0, 0.1) is 0 Å². The fraction of sp³-hybridized carbons (Fsp3) is 0.0492. The smallest absolute Gasteiger partial charge is 0.143 e. The van der Waals surface area contributed by atoms with Crippen LogP contribution in [-0.2, 0) is 5.41 Å². The highest BCUT2D eigenvalue weighted by atomic mass is 16.3. The van der Waals surface area contributed by atoms with E-state index in [1.54, 1.807) is 0 Å². The lowest BCUT2D eigenvalue weighted by Crippen LogP contribution is -2.16. The molecule has 0 unspecified atom stereocenters. The average Bonchev–Trinajstić information content (AvgIpc) is 3.85. The fourth-order valence-electron chi connectivity index (χ4n) is 10.2. The third-order valence-corrected chi connectivity index (χ3v) is 13.3. The zero-order valence-corrected chi connectivity index (χ0v) is 35.2. The Labute approximate surface area is 368 Å². The van der Waals surface area contributed by atoms with E-state index in [2.05, 4.69) is 243 Å². The topological polar surface area (TPSA) is 16.4 Å². The number of hydrogen-bond acceptors (Lipinski definition) is 2. The molecule has 2 heteroatoms. The van der Waals surface area contributed by atoms with Crippen molar-refractivity contribution in [2.75, 3.05) is 4.90 Å². The third-order valence-electron chi connectivity index (χ3n) is 13.3. The highest BCUT2D eigenvalue weighted by Crippen LogP contribution is 2.52. The van der Waals surface area contributed by atoms with Crippen LogP contribution in [0.2, 0.25) is 0 Å². The van der Waals surface area contributed by atoms with E-state index in [9.17, 15) is 0 Å². The number of fused-ring (bicyclic) bond motifs is 8. The van der Waals surface area contributed by atoms with Gasteiger partial charge in [-0.3, -0.25) is 0 Å². The van der Waals surface area contributed by atoms with Crippen molar-refractivity contribution < 1.29 is 4.42 Å². The number of furan rings is 1. The Morgan fingerprint density at radius 2 is 0.810 bits per heavy atom. The first-order valence-corrected chi connectivity index (χ1v) is 21.8. The van der Waals surface area contributed by atoms with Crippen molar-refractivity contribution in [2.45, 2.75) is 19.3 Å². The Bertz CT molecular complexity index is 3490. The molecule has 0 atom stereocenters. The SMILES string of the molecule is CC1(C)c2ccccc2-c2ccc(N(c3ccc(-c4ccccc4)cc3)c3ccc(-c4c(-c5ccc(-c6ccccc6)cc5)c5ccccc5c5oc6ccccc6c45)cc3)cc21. The maximum Gasteiger partial charge on any atom is 0.143 e. The number of rotatable bonds is 7. The van der Waals surface area contributed by atoms with Gasteiger partial charge in [0.1, 0.15) is 11.2 Å². The summed E-state index contributed by atoms with van der Waals surface area (Å²) in [5, 5.41) is 4.52. The van der Waals surface area contributed by atoms with Gasteiger partial charge < -0.3 is 9.32 Å². The Kier molecular flexibility index (Phi) is 8.55. The van der Waals surface area contributed by atoms with Crippen molar-refractivity contribution in [1.82, 2.24) is 0 Å². The molecule has 10 aromatic carbocycles. The van der Waals surface area contributed by atoms with Gasteiger partial charge in [0.2, 0.25) is 0 Å². The summed E-state index contributed by atoms with van der Waals surface area (Å²) in [5.41, 5.74) is 19.8. The maximum absolute atomic E-state index is 6.78. The molecule has 1 aliphatic carbocycles. The summed E-state index contributed by atoms with van der Waals surface area (Å²) in [6.45, 7) is 4.71. The Morgan fingerprint density at radius 1 is 0.349 bits per heavy atom. The van der Waals surface area contributed by atoms with E-state index in [1.807, 2.05) is 0 Å². The first kappa shape index (κ1) is 36.9. The van der Waals surface area contributed by atoms with Crippen molar-refractivity contribution in [3.63, 3.8) is 0 Å². The second-order valence-electron chi connectivity index (χ2n) is 17.2. The molecule has 0 saturated heterocycles. The average molecular weight is 806 g/mol. The van der Waals surface area contributed by atoms with Crippen LogP contribution in [0.25, 0.3) is 88.3 Å². The minimum atomic E-state index is -0.126. The van der Waals surface area contributed by atoms with E-state index in [1.165, 1.54) is 61.2 Å². The summed E-state index contributed by atoms with van der Waals surface area (Å²) in [6, 6.07) is 81.5. The van der Waals surface area contributed by atoms with Crippen LogP contribution in [-0.4, -0.2) is 0 Å². The molecule has 0 amide bonds. The molecular formula is C61H43NO. The Balaban J connectivity index is 1.05. The Hall–Kier alpha value is -7.94. The van der Waals surface area contributed by atoms with E-state index in [0.717, 1.165) is 55.3 Å². The van der Waals surface area contributed by atoms with E-state index in [-0.39, 0.29) is 5.41 Å². The first-order chi connectivity index (χ1) is 31.0. The maximum atomic E-state index is 6.78. The van der Waals surface area contributed by atoms with Gasteiger partial charge in [0.15, 0.2) is 0 Å². The molecule has 12 rings (SSSR count). The van der Waals surface area contributed by atoms with Crippen molar-refractivity contribution in [3.05, 3.63) is 236 Å². The summed E-state index contributed by atoms with van der Waals surface area (Å²) >= 11 is 0. The molecule has 11 aromatic rings.